The van der Waals surface area contributed by atoms with Gasteiger partial charge in [-0.25, -0.2) is 0 Å². The molecule has 12 nitrogen and oxygen atoms in total. The maximum Gasteiger partial charge on any atom is 0.303 e. The molecule has 0 N–H and O–H groups in total. The van der Waals surface area contributed by atoms with Crippen LogP contribution in [-0.4, -0.2) is 56.8 Å². The monoisotopic (exact) mass is 572 g/mol. The number of nitrogens with zero attached hydrogens (tertiary/aromatic N) is 2. The van der Waals surface area contributed by atoms with Crippen molar-refractivity contribution in [3.63, 3.8) is 0 Å². The molecule has 0 amide bonds. The van der Waals surface area contributed by atoms with E-state index in [2.05, 4.69) is 6.07 Å². The minimum absolute atomic E-state index is 0.0150. The highest BCUT2D eigenvalue weighted by molar-refractivity contribution is 5.66. The van der Waals surface area contributed by atoms with Gasteiger partial charge in [0, 0.05) is 17.4 Å². The van der Waals surface area contributed by atoms with Crippen LogP contribution in [0.2, 0.25) is 0 Å². The van der Waals surface area contributed by atoms with Gasteiger partial charge in [-0.3, -0.25) is 14.9 Å². The second-order valence-corrected chi connectivity index (χ2v) is 9.51. The summed E-state index contributed by atoms with van der Waals surface area (Å²) in [5.74, 6) is 1.47. The van der Waals surface area contributed by atoms with Crippen molar-refractivity contribution in [1.29, 1.82) is 5.26 Å². The first-order chi connectivity index (χ1) is 19.6. The SMILES string of the molecule is CCOc1cc(C(C)(C#N)CCC(OC(C)=O)C(CC2Oc3ccccc3O2)[N+](=O)[O-])c(OCC)c(OC)c1OC. The Bertz CT molecular complexity index is 1250. The molecule has 0 saturated carbocycles. The van der Waals surface area contributed by atoms with Crippen LogP contribution in [0.3, 0.4) is 0 Å². The van der Waals surface area contributed by atoms with Crippen LogP contribution < -0.4 is 28.4 Å². The summed E-state index contributed by atoms with van der Waals surface area (Å²) in [5.41, 5.74) is -0.813. The molecule has 0 aliphatic carbocycles. The van der Waals surface area contributed by atoms with Crippen molar-refractivity contribution in [2.45, 2.75) is 70.8 Å². The number of fused-ring (bicyclic) bond motifs is 1. The standard InChI is InChI=1S/C29H36N2O10/c1-7-37-24-15-19(26(38-8-2)28(36-6)27(24)35-5)29(4,17-30)14-13-21(39-18(3)32)20(31(33)34)16-25-40-22-11-9-10-12-23(22)41-25/h9-12,15,20-21,25H,7-8,13-14,16H2,1-6H3. The number of carbonyl (C=O) groups is 1. The van der Waals surface area contributed by atoms with E-state index in [-0.39, 0.29) is 31.6 Å². The Hall–Kier alpha value is -4.40. The second kappa shape index (κ2) is 13.8. The molecular weight excluding hydrogens is 536 g/mol. The van der Waals surface area contributed by atoms with Gasteiger partial charge in [-0.2, -0.15) is 5.26 Å². The molecule has 41 heavy (non-hydrogen) atoms. The Kier molecular flexibility index (Phi) is 10.5. The Morgan fingerprint density at radius 1 is 1.10 bits per heavy atom. The predicted octanol–water partition coefficient (Wildman–Crippen LogP) is 4.83. The number of hydrogen-bond donors (Lipinski definition) is 0. The Labute approximate surface area is 239 Å². The maximum absolute atomic E-state index is 12.2. The Balaban J connectivity index is 1.95. The van der Waals surface area contributed by atoms with Gasteiger partial charge >= 0.3 is 5.97 Å². The quantitative estimate of drug-likeness (QED) is 0.164. The van der Waals surface area contributed by atoms with Crippen molar-refractivity contribution in [2.24, 2.45) is 0 Å². The number of carbonyl (C=O) groups excluding carboxylic acids is 1. The van der Waals surface area contributed by atoms with Gasteiger partial charge in [-0.15, -0.1) is 0 Å². The Morgan fingerprint density at radius 2 is 1.71 bits per heavy atom. The van der Waals surface area contributed by atoms with Crippen molar-refractivity contribution in [3.05, 3.63) is 46.0 Å². The van der Waals surface area contributed by atoms with E-state index < -0.39 is 34.7 Å². The van der Waals surface area contributed by atoms with Crippen LogP contribution in [-0.2, 0) is 14.9 Å². The normalized spacial score (nSPS) is 15.1. The predicted molar refractivity (Wildman–Crippen MR) is 147 cm³/mol. The fourth-order valence-corrected chi connectivity index (χ4v) is 4.78. The summed E-state index contributed by atoms with van der Waals surface area (Å²) in [4.78, 5) is 23.7. The van der Waals surface area contributed by atoms with Crippen LogP contribution in [0.25, 0.3) is 0 Å². The van der Waals surface area contributed by atoms with Crippen LogP contribution in [0, 0.1) is 21.4 Å². The molecule has 1 heterocycles. The van der Waals surface area contributed by atoms with E-state index in [1.165, 1.54) is 21.1 Å². The topological polar surface area (TPSA) is 149 Å². The number of rotatable bonds is 15. The average molecular weight is 573 g/mol. The molecule has 1 aliphatic heterocycles. The molecule has 12 heteroatoms. The molecular formula is C29H36N2O10. The van der Waals surface area contributed by atoms with Gasteiger partial charge in [0.15, 0.2) is 29.1 Å². The first-order valence-electron chi connectivity index (χ1n) is 13.3. The van der Waals surface area contributed by atoms with Crippen LogP contribution in [0.15, 0.2) is 30.3 Å². The molecule has 0 spiro atoms. The lowest BCUT2D eigenvalue weighted by molar-refractivity contribution is -0.537. The molecule has 3 atom stereocenters. The van der Waals surface area contributed by atoms with Gasteiger partial charge in [0.05, 0.1) is 45.3 Å². The summed E-state index contributed by atoms with van der Waals surface area (Å²) in [6.45, 7) is 7.05. The number of methoxy groups -OCH3 is 2. The number of ether oxygens (including phenoxy) is 7. The average Bonchev–Trinajstić information content (AvgIpc) is 3.36. The van der Waals surface area contributed by atoms with Crippen molar-refractivity contribution in [3.8, 4) is 40.6 Å². The third-order valence-corrected chi connectivity index (χ3v) is 6.74. The van der Waals surface area contributed by atoms with Crippen molar-refractivity contribution >= 4 is 5.97 Å². The maximum atomic E-state index is 12.2. The zero-order valence-electron chi connectivity index (χ0n) is 24.1. The smallest absolute Gasteiger partial charge is 0.303 e. The van der Waals surface area contributed by atoms with Crippen LogP contribution in [0.4, 0.5) is 0 Å². The van der Waals surface area contributed by atoms with Crippen molar-refractivity contribution in [1.82, 2.24) is 0 Å². The largest absolute Gasteiger partial charge is 0.490 e. The van der Waals surface area contributed by atoms with E-state index in [0.717, 1.165) is 0 Å². The number of benzene rings is 2. The van der Waals surface area contributed by atoms with Crippen LogP contribution >= 0.6 is 0 Å². The summed E-state index contributed by atoms with van der Waals surface area (Å²) in [7, 11) is 2.92. The lowest BCUT2D eigenvalue weighted by Crippen LogP contribution is -2.42. The van der Waals surface area contributed by atoms with Crippen LogP contribution in [0.5, 0.6) is 34.5 Å². The second-order valence-electron chi connectivity index (χ2n) is 9.51. The number of para-hydroxylation sites is 2. The molecule has 2 aromatic rings. The minimum atomic E-state index is -1.36. The van der Waals surface area contributed by atoms with Crippen LogP contribution in [0.1, 0.15) is 52.5 Å². The zero-order chi connectivity index (χ0) is 30.2. The van der Waals surface area contributed by atoms with Gasteiger partial charge in [-0.05, 0) is 51.8 Å². The number of nitro groups is 1. The summed E-state index contributed by atoms with van der Waals surface area (Å²) >= 11 is 0. The summed E-state index contributed by atoms with van der Waals surface area (Å²) in [6, 6.07) is 9.55. The molecule has 0 aromatic heterocycles. The van der Waals surface area contributed by atoms with Crippen molar-refractivity contribution in [2.75, 3.05) is 27.4 Å². The summed E-state index contributed by atoms with van der Waals surface area (Å²) in [5, 5.41) is 22.6. The number of nitriles is 1. The summed E-state index contributed by atoms with van der Waals surface area (Å²) in [6.07, 6.45) is -2.24. The zero-order valence-corrected chi connectivity index (χ0v) is 24.1. The first-order valence-corrected chi connectivity index (χ1v) is 13.3. The molecule has 3 rings (SSSR count). The first kappa shape index (κ1) is 31.1. The molecule has 3 unspecified atom stereocenters. The van der Waals surface area contributed by atoms with E-state index in [1.54, 1.807) is 44.2 Å². The van der Waals surface area contributed by atoms with E-state index in [4.69, 9.17) is 33.2 Å². The molecule has 0 bridgehead atoms. The third kappa shape index (κ3) is 7.03. The van der Waals surface area contributed by atoms with Gasteiger partial charge < -0.3 is 33.2 Å². The van der Waals surface area contributed by atoms with E-state index in [1.807, 2.05) is 6.92 Å². The highest BCUT2D eigenvalue weighted by atomic mass is 16.7. The van der Waals surface area contributed by atoms with E-state index in [9.17, 15) is 20.2 Å². The fraction of sp³-hybridized carbons (Fsp3) is 0.517. The van der Waals surface area contributed by atoms with Gasteiger partial charge in [0.1, 0.15) is 0 Å². The molecule has 0 saturated heterocycles. The summed E-state index contributed by atoms with van der Waals surface area (Å²) < 4.78 is 39.7. The molecule has 2 aromatic carbocycles. The lowest BCUT2D eigenvalue weighted by atomic mass is 9.77. The number of esters is 1. The number of hydrogen-bond acceptors (Lipinski definition) is 11. The van der Waals surface area contributed by atoms with E-state index >= 15 is 0 Å². The highest BCUT2D eigenvalue weighted by Gasteiger charge is 2.42. The molecule has 0 fully saturated rings. The fourth-order valence-electron chi connectivity index (χ4n) is 4.78. The van der Waals surface area contributed by atoms with Gasteiger partial charge in [0.25, 0.3) is 6.04 Å². The van der Waals surface area contributed by atoms with Gasteiger partial charge in [0.2, 0.25) is 17.8 Å². The lowest BCUT2D eigenvalue weighted by Gasteiger charge is -2.29. The third-order valence-electron chi connectivity index (χ3n) is 6.74. The molecule has 0 radical (unpaired) electrons. The van der Waals surface area contributed by atoms with E-state index in [0.29, 0.717) is 40.9 Å². The minimum Gasteiger partial charge on any atom is -0.490 e. The highest BCUT2D eigenvalue weighted by Crippen LogP contribution is 2.51. The molecule has 222 valence electrons. The Morgan fingerprint density at radius 3 is 2.20 bits per heavy atom. The molecule has 1 aliphatic rings. The van der Waals surface area contributed by atoms with Gasteiger partial charge in [-0.1, -0.05) is 12.1 Å². The van der Waals surface area contributed by atoms with Crippen molar-refractivity contribution < 1.29 is 42.9 Å².